The summed E-state index contributed by atoms with van der Waals surface area (Å²) in [5, 5.41) is 5.96. The van der Waals surface area contributed by atoms with E-state index in [0.29, 0.717) is 24.6 Å². The van der Waals surface area contributed by atoms with Gasteiger partial charge in [0.15, 0.2) is 0 Å². The lowest BCUT2D eigenvalue weighted by atomic mass is 10.00. The van der Waals surface area contributed by atoms with Gasteiger partial charge in [-0.15, -0.1) is 0 Å². The van der Waals surface area contributed by atoms with Crippen LogP contribution in [0.2, 0.25) is 0 Å². The van der Waals surface area contributed by atoms with Crippen LogP contribution in [0.1, 0.15) is 45.0 Å². The Bertz CT molecular complexity index is 670. The van der Waals surface area contributed by atoms with Crippen LogP contribution in [0.15, 0.2) is 24.3 Å². The van der Waals surface area contributed by atoms with Gasteiger partial charge in [0.05, 0.1) is 19.8 Å². The number of morpholine rings is 1. The number of benzene rings is 1. The van der Waals surface area contributed by atoms with Crippen molar-refractivity contribution in [2.45, 2.75) is 46.7 Å². The zero-order chi connectivity index (χ0) is 22.1. The molecule has 1 fully saturated rings. The first-order valence-electron chi connectivity index (χ1n) is 11.0. The number of nitrogens with one attached hydrogen (secondary N) is 2. The summed E-state index contributed by atoms with van der Waals surface area (Å²) in [6.07, 6.45) is 0. The highest BCUT2D eigenvalue weighted by molar-refractivity contribution is 5.97. The van der Waals surface area contributed by atoms with Gasteiger partial charge in [0.2, 0.25) is 5.91 Å². The second-order valence-electron chi connectivity index (χ2n) is 8.36. The first-order chi connectivity index (χ1) is 14.3. The van der Waals surface area contributed by atoms with Gasteiger partial charge in [-0.2, -0.15) is 0 Å². The summed E-state index contributed by atoms with van der Waals surface area (Å²) in [5.41, 5.74) is 0.505. The fourth-order valence-electron chi connectivity index (χ4n) is 3.64. The van der Waals surface area contributed by atoms with E-state index in [-0.39, 0.29) is 23.8 Å². The molecule has 7 heteroatoms. The number of ether oxygens (including phenoxy) is 2. The second-order valence-corrected chi connectivity index (χ2v) is 8.36. The Balaban J connectivity index is 1.96. The molecule has 2 amide bonds. The summed E-state index contributed by atoms with van der Waals surface area (Å²) in [5.74, 6) is 0.676. The molecular formula is C23H37N3O4. The van der Waals surface area contributed by atoms with Crippen LogP contribution in [0, 0.1) is 11.8 Å². The Morgan fingerprint density at radius 2 is 1.70 bits per heavy atom. The average Bonchev–Trinajstić information content (AvgIpc) is 2.73. The molecule has 1 aliphatic heterocycles. The number of amides is 2. The van der Waals surface area contributed by atoms with Gasteiger partial charge in [-0.3, -0.25) is 14.5 Å². The number of hydrogen-bond acceptors (Lipinski definition) is 5. The van der Waals surface area contributed by atoms with Crippen LogP contribution >= 0.6 is 0 Å². The summed E-state index contributed by atoms with van der Waals surface area (Å²) in [6.45, 7) is 14.4. The van der Waals surface area contributed by atoms with E-state index in [0.717, 1.165) is 32.1 Å². The molecule has 2 rings (SSSR count). The number of carbonyl (C=O) groups excluding carboxylic acids is 2. The van der Waals surface area contributed by atoms with E-state index in [1.54, 1.807) is 24.3 Å². The summed E-state index contributed by atoms with van der Waals surface area (Å²) < 4.78 is 10.9. The lowest BCUT2D eigenvalue weighted by Crippen LogP contribution is -2.55. The summed E-state index contributed by atoms with van der Waals surface area (Å²) >= 11 is 0. The maximum absolute atomic E-state index is 12.9. The van der Waals surface area contributed by atoms with Gasteiger partial charge in [-0.1, -0.05) is 27.7 Å². The minimum absolute atomic E-state index is 0.0301. The van der Waals surface area contributed by atoms with E-state index >= 15 is 0 Å². The third kappa shape index (κ3) is 6.99. The van der Waals surface area contributed by atoms with Crippen molar-refractivity contribution >= 4 is 11.8 Å². The van der Waals surface area contributed by atoms with Crippen LogP contribution in [0.3, 0.4) is 0 Å². The van der Waals surface area contributed by atoms with Gasteiger partial charge in [-0.05, 0) is 43.0 Å². The molecule has 1 aromatic rings. The van der Waals surface area contributed by atoms with Crippen molar-refractivity contribution in [1.82, 2.24) is 15.5 Å². The van der Waals surface area contributed by atoms with E-state index in [9.17, 15) is 9.59 Å². The van der Waals surface area contributed by atoms with Crippen LogP contribution in [0.4, 0.5) is 0 Å². The van der Waals surface area contributed by atoms with E-state index < -0.39 is 6.04 Å². The van der Waals surface area contributed by atoms with Gasteiger partial charge < -0.3 is 20.1 Å². The van der Waals surface area contributed by atoms with Crippen LogP contribution < -0.4 is 15.4 Å². The number of nitrogens with zero attached hydrogens (tertiary/aromatic N) is 1. The molecule has 7 nitrogen and oxygen atoms in total. The topological polar surface area (TPSA) is 79.9 Å². The van der Waals surface area contributed by atoms with Crippen LogP contribution in [0.5, 0.6) is 5.75 Å². The zero-order valence-corrected chi connectivity index (χ0v) is 18.9. The highest BCUT2D eigenvalue weighted by Crippen LogP contribution is 2.14. The van der Waals surface area contributed by atoms with Crippen molar-refractivity contribution in [3.63, 3.8) is 0 Å². The number of carbonyl (C=O) groups is 2. The predicted octanol–water partition coefficient (Wildman–Crippen LogP) is 2.31. The quantitative estimate of drug-likeness (QED) is 0.608. The first kappa shape index (κ1) is 24.2. The summed E-state index contributed by atoms with van der Waals surface area (Å²) in [4.78, 5) is 28.0. The molecule has 1 heterocycles. The molecule has 0 bridgehead atoms. The molecule has 0 radical (unpaired) electrons. The summed E-state index contributed by atoms with van der Waals surface area (Å²) in [7, 11) is 0. The van der Waals surface area contributed by atoms with E-state index in [1.807, 2.05) is 20.8 Å². The van der Waals surface area contributed by atoms with Gasteiger partial charge in [-0.25, -0.2) is 0 Å². The first-order valence-corrected chi connectivity index (χ1v) is 11.0. The number of rotatable bonds is 10. The van der Waals surface area contributed by atoms with Crippen molar-refractivity contribution < 1.29 is 19.1 Å². The molecule has 2 atom stereocenters. The van der Waals surface area contributed by atoms with Crippen LogP contribution in [0.25, 0.3) is 0 Å². The van der Waals surface area contributed by atoms with Crippen molar-refractivity contribution in [1.29, 1.82) is 0 Å². The van der Waals surface area contributed by atoms with Gasteiger partial charge in [0.25, 0.3) is 5.91 Å². The Morgan fingerprint density at radius 3 is 2.23 bits per heavy atom. The van der Waals surface area contributed by atoms with Gasteiger partial charge in [0.1, 0.15) is 11.8 Å². The molecular weight excluding hydrogens is 382 g/mol. The molecule has 1 aliphatic rings. The maximum Gasteiger partial charge on any atom is 0.251 e. The molecule has 2 N–H and O–H groups in total. The van der Waals surface area contributed by atoms with Crippen LogP contribution in [-0.2, 0) is 9.53 Å². The van der Waals surface area contributed by atoms with Gasteiger partial charge in [0, 0.05) is 31.2 Å². The van der Waals surface area contributed by atoms with E-state index in [4.69, 9.17) is 9.47 Å². The normalized spacial score (nSPS) is 16.9. The third-order valence-electron chi connectivity index (χ3n) is 5.43. The predicted molar refractivity (Wildman–Crippen MR) is 118 cm³/mol. The fraction of sp³-hybridized carbons (Fsp3) is 0.652. The summed E-state index contributed by atoms with van der Waals surface area (Å²) in [6, 6.07) is 6.59. The number of hydrogen-bond donors (Lipinski definition) is 2. The monoisotopic (exact) mass is 419 g/mol. The average molecular weight is 420 g/mol. The van der Waals surface area contributed by atoms with Crippen LogP contribution in [-0.4, -0.2) is 68.3 Å². The minimum atomic E-state index is -0.596. The fourth-order valence-corrected chi connectivity index (χ4v) is 3.64. The lowest BCUT2D eigenvalue weighted by molar-refractivity contribution is -0.124. The molecule has 168 valence electrons. The molecule has 2 unspecified atom stereocenters. The Morgan fingerprint density at radius 1 is 1.07 bits per heavy atom. The van der Waals surface area contributed by atoms with E-state index in [2.05, 4.69) is 29.4 Å². The molecule has 0 spiro atoms. The SMILES string of the molecule is CCOc1ccc(C(=O)NC(C(=O)NCC(C(C)C)N2CCOCC2)C(C)C)cc1. The molecule has 0 aliphatic carbocycles. The van der Waals surface area contributed by atoms with Gasteiger partial charge >= 0.3 is 0 Å². The largest absolute Gasteiger partial charge is 0.494 e. The highest BCUT2D eigenvalue weighted by atomic mass is 16.5. The van der Waals surface area contributed by atoms with E-state index in [1.165, 1.54) is 0 Å². The third-order valence-corrected chi connectivity index (χ3v) is 5.43. The Hall–Kier alpha value is -2.12. The van der Waals surface area contributed by atoms with Crippen molar-refractivity contribution in [2.24, 2.45) is 11.8 Å². The highest BCUT2D eigenvalue weighted by Gasteiger charge is 2.28. The smallest absolute Gasteiger partial charge is 0.251 e. The zero-order valence-electron chi connectivity index (χ0n) is 18.9. The molecule has 1 saturated heterocycles. The Kier molecular flexibility index (Phi) is 9.59. The van der Waals surface area contributed by atoms with Crippen molar-refractivity contribution in [3.8, 4) is 5.75 Å². The lowest BCUT2D eigenvalue weighted by Gasteiger charge is -2.37. The van der Waals surface area contributed by atoms with Crippen molar-refractivity contribution in [2.75, 3.05) is 39.5 Å². The second kappa shape index (κ2) is 11.9. The maximum atomic E-state index is 12.9. The molecule has 1 aromatic carbocycles. The van der Waals surface area contributed by atoms with Crippen molar-refractivity contribution in [3.05, 3.63) is 29.8 Å². The standard InChI is InChI=1S/C23H37N3O4/c1-6-30-19-9-7-18(8-10-19)22(27)25-21(17(4)5)23(28)24-15-20(16(2)3)26-11-13-29-14-12-26/h7-10,16-17,20-21H,6,11-15H2,1-5H3,(H,24,28)(H,25,27). The molecule has 30 heavy (non-hydrogen) atoms. The molecule has 0 saturated carbocycles. The molecule has 0 aromatic heterocycles. The minimum Gasteiger partial charge on any atom is -0.494 e. The Labute approximate surface area is 180 Å².